The van der Waals surface area contributed by atoms with Crippen LogP contribution in [0, 0.1) is 13.8 Å². The number of amides is 2. The molecule has 0 heterocycles. The van der Waals surface area contributed by atoms with Gasteiger partial charge in [-0.15, -0.1) is 0 Å². The van der Waals surface area contributed by atoms with Crippen LogP contribution < -0.4 is 10.1 Å². The predicted molar refractivity (Wildman–Crippen MR) is 134 cm³/mol. The average molecular weight is 509 g/mol. The summed E-state index contributed by atoms with van der Waals surface area (Å²) >= 11 is 3.47. The molecule has 0 aliphatic rings. The highest BCUT2D eigenvalue weighted by molar-refractivity contribution is 9.10. The summed E-state index contributed by atoms with van der Waals surface area (Å²) < 4.78 is 6.79. The maximum Gasteiger partial charge on any atom is 0.261 e. The van der Waals surface area contributed by atoms with Gasteiger partial charge in [0.05, 0.1) is 0 Å². The van der Waals surface area contributed by atoms with Gasteiger partial charge in [0.1, 0.15) is 11.8 Å². The SMILES string of the molecule is CNC(=O)[C@H](Cc1ccccc1)N(Cc1cccc(C)c1)C(=O)COc1ccc(Br)c(C)c1. The minimum absolute atomic E-state index is 0.158. The van der Waals surface area contributed by atoms with Crippen molar-refractivity contribution in [3.8, 4) is 5.75 Å². The van der Waals surface area contributed by atoms with Gasteiger partial charge in [0, 0.05) is 24.5 Å². The minimum Gasteiger partial charge on any atom is -0.484 e. The van der Waals surface area contributed by atoms with E-state index in [1.807, 2.05) is 86.6 Å². The van der Waals surface area contributed by atoms with E-state index >= 15 is 0 Å². The standard InChI is InChI=1S/C27H29BrN2O3/c1-19-8-7-11-22(14-19)17-30(25(27(32)29-3)16-21-9-5-4-6-10-21)26(31)18-33-23-12-13-24(28)20(2)15-23/h4-15,25H,16-18H2,1-3H3,(H,29,32)/t25-/m0/s1. The van der Waals surface area contributed by atoms with Crippen LogP contribution in [0.4, 0.5) is 0 Å². The molecule has 0 radical (unpaired) electrons. The summed E-state index contributed by atoms with van der Waals surface area (Å²) in [6, 6.07) is 22.6. The molecule has 3 rings (SSSR count). The van der Waals surface area contributed by atoms with Crippen molar-refractivity contribution < 1.29 is 14.3 Å². The van der Waals surface area contributed by atoms with Crippen LogP contribution in [0.3, 0.4) is 0 Å². The van der Waals surface area contributed by atoms with Crippen LogP contribution in [0.15, 0.2) is 77.3 Å². The predicted octanol–water partition coefficient (Wildman–Crippen LogP) is 4.83. The van der Waals surface area contributed by atoms with E-state index in [1.165, 1.54) is 0 Å². The Balaban J connectivity index is 1.87. The second-order valence-electron chi connectivity index (χ2n) is 8.03. The molecule has 0 unspecified atom stereocenters. The third-order valence-corrected chi connectivity index (χ3v) is 6.33. The van der Waals surface area contributed by atoms with Crippen molar-refractivity contribution in [2.24, 2.45) is 0 Å². The van der Waals surface area contributed by atoms with E-state index in [4.69, 9.17) is 4.74 Å². The fourth-order valence-electron chi connectivity index (χ4n) is 3.66. The number of carbonyl (C=O) groups is 2. The molecule has 0 bridgehead atoms. The number of hydrogen-bond donors (Lipinski definition) is 1. The lowest BCUT2D eigenvalue weighted by molar-refractivity contribution is -0.142. The van der Waals surface area contributed by atoms with Crippen molar-refractivity contribution >= 4 is 27.7 Å². The molecule has 33 heavy (non-hydrogen) atoms. The van der Waals surface area contributed by atoms with Crippen molar-refractivity contribution in [1.29, 1.82) is 0 Å². The molecular weight excluding hydrogens is 480 g/mol. The minimum atomic E-state index is -0.666. The van der Waals surface area contributed by atoms with Crippen molar-refractivity contribution in [2.45, 2.75) is 32.9 Å². The zero-order valence-corrected chi connectivity index (χ0v) is 20.8. The van der Waals surface area contributed by atoms with Gasteiger partial charge in [-0.25, -0.2) is 0 Å². The number of halogens is 1. The summed E-state index contributed by atoms with van der Waals surface area (Å²) in [6.45, 7) is 4.13. The quantitative estimate of drug-likeness (QED) is 0.450. The first-order chi connectivity index (χ1) is 15.9. The van der Waals surface area contributed by atoms with Gasteiger partial charge in [0.15, 0.2) is 6.61 Å². The van der Waals surface area contributed by atoms with E-state index < -0.39 is 6.04 Å². The van der Waals surface area contributed by atoms with Crippen LogP contribution >= 0.6 is 15.9 Å². The Hall–Kier alpha value is -3.12. The van der Waals surface area contributed by atoms with Crippen LogP contribution in [0.1, 0.15) is 22.3 Å². The maximum atomic E-state index is 13.4. The highest BCUT2D eigenvalue weighted by Crippen LogP contribution is 2.22. The molecular formula is C27H29BrN2O3. The van der Waals surface area contributed by atoms with E-state index in [1.54, 1.807) is 11.9 Å². The summed E-state index contributed by atoms with van der Waals surface area (Å²) in [5.74, 6) is 0.153. The molecule has 0 saturated carbocycles. The third kappa shape index (κ3) is 6.93. The highest BCUT2D eigenvalue weighted by Gasteiger charge is 2.30. The summed E-state index contributed by atoms with van der Waals surface area (Å²) in [5.41, 5.74) is 4.06. The Morgan fingerprint density at radius 1 is 0.970 bits per heavy atom. The molecule has 0 fully saturated rings. The summed E-state index contributed by atoms with van der Waals surface area (Å²) in [6.07, 6.45) is 0.412. The van der Waals surface area contributed by atoms with Crippen LogP contribution in [0.5, 0.6) is 5.75 Å². The fraction of sp³-hybridized carbons (Fsp3) is 0.259. The third-order valence-electron chi connectivity index (χ3n) is 5.44. The Morgan fingerprint density at radius 2 is 1.70 bits per heavy atom. The molecule has 3 aromatic rings. The molecule has 172 valence electrons. The number of carbonyl (C=O) groups excluding carboxylic acids is 2. The molecule has 1 N–H and O–H groups in total. The molecule has 0 aliphatic heterocycles. The second-order valence-corrected chi connectivity index (χ2v) is 8.88. The zero-order chi connectivity index (χ0) is 23.8. The van der Waals surface area contributed by atoms with Crippen molar-refractivity contribution in [2.75, 3.05) is 13.7 Å². The van der Waals surface area contributed by atoms with Crippen molar-refractivity contribution in [3.05, 3.63) is 99.5 Å². The topological polar surface area (TPSA) is 58.6 Å². The van der Waals surface area contributed by atoms with Gasteiger partial charge < -0.3 is 15.0 Å². The van der Waals surface area contributed by atoms with Crippen LogP contribution in [0.25, 0.3) is 0 Å². The zero-order valence-electron chi connectivity index (χ0n) is 19.2. The molecule has 0 aromatic heterocycles. The number of ether oxygens (including phenoxy) is 1. The number of nitrogens with zero attached hydrogens (tertiary/aromatic N) is 1. The molecule has 1 atom stereocenters. The van der Waals surface area contributed by atoms with Crippen LogP contribution in [-0.2, 0) is 22.6 Å². The summed E-state index contributed by atoms with van der Waals surface area (Å²) in [7, 11) is 1.59. The molecule has 0 aliphatic carbocycles. The lowest BCUT2D eigenvalue weighted by Crippen LogP contribution is -2.51. The number of rotatable bonds is 9. The van der Waals surface area contributed by atoms with E-state index in [-0.39, 0.29) is 18.4 Å². The smallest absolute Gasteiger partial charge is 0.261 e. The maximum absolute atomic E-state index is 13.4. The van der Waals surface area contributed by atoms with Crippen LogP contribution in [0.2, 0.25) is 0 Å². The first-order valence-corrected chi connectivity index (χ1v) is 11.7. The number of nitrogens with one attached hydrogen (secondary N) is 1. The van der Waals surface area contributed by atoms with Gasteiger partial charge >= 0.3 is 0 Å². The average Bonchev–Trinajstić information content (AvgIpc) is 2.82. The summed E-state index contributed by atoms with van der Waals surface area (Å²) in [5, 5.41) is 2.73. The van der Waals surface area contributed by atoms with E-state index in [9.17, 15) is 9.59 Å². The lowest BCUT2D eigenvalue weighted by Gasteiger charge is -2.31. The largest absolute Gasteiger partial charge is 0.484 e. The number of hydrogen-bond acceptors (Lipinski definition) is 3. The molecule has 6 heteroatoms. The van der Waals surface area contributed by atoms with E-state index in [2.05, 4.69) is 21.2 Å². The van der Waals surface area contributed by atoms with Gasteiger partial charge in [0.25, 0.3) is 5.91 Å². The fourth-order valence-corrected chi connectivity index (χ4v) is 3.91. The van der Waals surface area contributed by atoms with Gasteiger partial charge in [-0.1, -0.05) is 76.1 Å². The number of aryl methyl sites for hydroxylation is 2. The monoisotopic (exact) mass is 508 g/mol. The van der Waals surface area contributed by atoms with E-state index in [0.717, 1.165) is 26.7 Å². The van der Waals surface area contributed by atoms with Gasteiger partial charge in [0.2, 0.25) is 5.91 Å². The van der Waals surface area contributed by atoms with Crippen molar-refractivity contribution in [1.82, 2.24) is 10.2 Å². The van der Waals surface area contributed by atoms with E-state index in [0.29, 0.717) is 18.7 Å². The molecule has 2 amide bonds. The first kappa shape index (κ1) is 24.5. The Bertz CT molecular complexity index is 1100. The molecule has 0 spiro atoms. The lowest BCUT2D eigenvalue weighted by atomic mass is 10.0. The number of benzene rings is 3. The normalized spacial score (nSPS) is 11.5. The molecule has 3 aromatic carbocycles. The first-order valence-electron chi connectivity index (χ1n) is 10.9. The van der Waals surface area contributed by atoms with Crippen molar-refractivity contribution in [3.63, 3.8) is 0 Å². The molecule has 0 saturated heterocycles. The number of likely N-dealkylation sites (N-methyl/N-ethyl adjacent to an activating group) is 1. The second kappa shape index (κ2) is 11.7. The molecule has 5 nitrogen and oxygen atoms in total. The van der Waals surface area contributed by atoms with Gasteiger partial charge in [-0.05, 0) is 48.7 Å². The van der Waals surface area contributed by atoms with Crippen LogP contribution in [-0.4, -0.2) is 36.4 Å². The highest BCUT2D eigenvalue weighted by atomic mass is 79.9. The van der Waals surface area contributed by atoms with Gasteiger partial charge in [-0.2, -0.15) is 0 Å². The Labute approximate surface area is 203 Å². The summed E-state index contributed by atoms with van der Waals surface area (Å²) in [4.78, 5) is 28.0. The Morgan fingerprint density at radius 3 is 2.36 bits per heavy atom. The van der Waals surface area contributed by atoms with Gasteiger partial charge in [-0.3, -0.25) is 9.59 Å². The Kier molecular flexibility index (Phi) is 8.66.